The van der Waals surface area contributed by atoms with Gasteiger partial charge in [-0.2, -0.15) is 11.8 Å². The summed E-state index contributed by atoms with van der Waals surface area (Å²) in [6.45, 7) is 0.703. The lowest BCUT2D eigenvalue weighted by molar-refractivity contribution is 1.01. The highest BCUT2D eigenvalue weighted by Crippen LogP contribution is 2.18. The van der Waals surface area contributed by atoms with Gasteiger partial charge in [0.1, 0.15) is 0 Å². The average Bonchev–Trinajstić information content (AvgIpc) is 2.67. The minimum atomic E-state index is -0.132. The average molecular weight is 466 g/mol. The number of pyridine rings is 1. The monoisotopic (exact) mass is 464 g/mol. The van der Waals surface area contributed by atoms with Crippen molar-refractivity contribution in [1.82, 2.24) is 15.0 Å². The molecule has 2 aromatic heterocycles. The zero-order valence-corrected chi connectivity index (χ0v) is 17.6. The van der Waals surface area contributed by atoms with Gasteiger partial charge in [-0.05, 0) is 45.8 Å². The lowest BCUT2D eigenvalue weighted by Crippen LogP contribution is -2.18. The van der Waals surface area contributed by atoms with Gasteiger partial charge in [0.05, 0.1) is 5.69 Å². The summed E-state index contributed by atoms with van der Waals surface area (Å²) < 4.78 is 1.02. The van der Waals surface area contributed by atoms with Crippen LogP contribution in [0.5, 0.6) is 0 Å². The molecular formula is C19H18BrClN4OS. The van der Waals surface area contributed by atoms with Crippen LogP contribution in [-0.2, 0) is 12.2 Å². The first-order valence-electron chi connectivity index (χ1n) is 8.35. The van der Waals surface area contributed by atoms with Gasteiger partial charge in [0.25, 0.3) is 5.56 Å². The Balaban J connectivity index is 1.47. The molecule has 2 heterocycles. The van der Waals surface area contributed by atoms with E-state index in [9.17, 15) is 4.79 Å². The molecule has 0 spiro atoms. The van der Waals surface area contributed by atoms with Crippen LogP contribution in [0.4, 0.5) is 5.95 Å². The first kappa shape index (κ1) is 19.9. The zero-order chi connectivity index (χ0) is 19.1. The van der Waals surface area contributed by atoms with E-state index in [1.54, 1.807) is 24.2 Å². The highest BCUT2D eigenvalue weighted by molar-refractivity contribution is 9.10. The molecule has 8 heteroatoms. The van der Waals surface area contributed by atoms with Gasteiger partial charge in [-0.25, -0.2) is 4.98 Å². The number of rotatable bonds is 8. The maximum atomic E-state index is 12.2. The molecule has 140 valence electrons. The fourth-order valence-corrected chi connectivity index (χ4v) is 3.92. The molecular weight excluding hydrogens is 448 g/mol. The van der Waals surface area contributed by atoms with Gasteiger partial charge in [0.15, 0.2) is 0 Å². The van der Waals surface area contributed by atoms with Crippen LogP contribution >= 0.6 is 39.3 Å². The van der Waals surface area contributed by atoms with Gasteiger partial charge in [-0.3, -0.25) is 14.8 Å². The van der Waals surface area contributed by atoms with Crippen LogP contribution in [-0.4, -0.2) is 27.2 Å². The molecule has 0 radical (unpaired) electrons. The number of nitrogens with one attached hydrogen (secondary N) is 2. The van der Waals surface area contributed by atoms with E-state index in [4.69, 9.17) is 11.6 Å². The van der Waals surface area contributed by atoms with Crippen molar-refractivity contribution in [3.63, 3.8) is 0 Å². The largest absolute Gasteiger partial charge is 0.355 e. The number of aromatic amines is 1. The highest BCUT2D eigenvalue weighted by Gasteiger charge is 2.05. The van der Waals surface area contributed by atoms with Crippen LogP contribution < -0.4 is 10.9 Å². The number of H-pyrrole nitrogens is 1. The third kappa shape index (κ3) is 6.09. The van der Waals surface area contributed by atoms with Crippen molar-refractivity contribution < 1.29 is 0 Å². The smallest absolute Gasteiger partial charge is 0.255 e. The minimum Gasteiger partial charge on any atom is -0.355 e. The van der Waals surface area contributed by atoms with E-state index in [2.05, 4.69) is 36.2 Å². The standard InChI is InChI=1S/C19H18BrClN4OS/c20-16-2-1-7-22-17(16)12-27-9-8-23-19-24-11-14(18(26)25-19)10-13-3-5-15(21)6-4-13/h1-7,11H,8-10,12H2,(H2,23,24,25,26). The number of hydrogen-bond donors (Lipinski definition) is 2. The molecule has 0 atom stereocenters. The normalized spacial score (nSPS) is 10.7. The Labute approximate surface area is 175 Å². The summed E-state index contributed by atoms with van der Waals surface area (Å²) in [7, 11) is 0. The maximum Gasteiger partial charge on any atom is 0.255 e. The van der Waals surface area contributed by atoms with E-state index in [1.807, 2.05) is 36.4 Å². The Morgan fingerprint density at radius 1 is 1.19 bits per heavy atom. The third-order valence-corrected chi connectivity index (χ3v) is 5.74. The number of hydrogen-bond acceptors (Lipinski definition) is 5. The number of aromatic nitrogens is 3. The second-order valence-electron chi connectivity index (χ2n) is 5.80. The second-order valence-corrected chi connectivity index (χ2v) is 8.20. The van der Waals surface area contributed by atoms with E-state index in [-0.39, 0.29) is 5.56 Å². The molecule has 0 saturated heterocycles. The molecule has 3 rings (SSSR count). The molecule has 0 aliphatic carbocycles. The van der Waals surface area contributed by atoms with Crippen LogP contribution in [0.1, 0.15) is 16.8 Å². The molecule has 0 saturated carbocycles. The number of benzene rings is 1. The van der Waals surface area contributed by atoms with E-state index >= 15 is 0 Å². The fraction of sp³-hybridized carbons (Fsp3) is 0.211. The van der Waals surface area contributed by atoms with Crippen LogP contribution in [0.15, 0.2) is 58.1 Å². The molecule has 0 aliphatic heterocycles. The molecule has 2 N–H and O–H groups in total. The molecule has 0 amide bonds. The minimum absolute atomic E-state index is 0.132. The molecule has 3 aromatic rings. The lowest BCUT2D eigenvalue weighted by atomic mass is 10.1. The van der Waals surface area contributed by atoms with Gasteiger partial charge in [0, 0.05) is 51.9 Å². The van der Waals surface area contributed by atoms with Crippen molar-refractivity contribution in [2.45, 2.75) is 12.2 Å². The molecule has 0 aliphatic rings. The van der Waals surface area contributed by atoms with Gasteiger partial charge in [-0.15, -0.1) is 0 Å². The van der Waals surface area contributed by atoms with Crippen molar-refractivity contribution >= 4 is 45.2 Å². The van der Waals surface area contributed by atoms with Crippen molar-refractivity contribution in [3.05, 3.63) is 85.5 Å². The van der Waals surface area contributed by atoms with E-state index < -0.39 is 0 Å². The molecule has 0 fully saturated rings. The summed E-state index contributed by atoms with van der Waals surface area (Å²) in [6.07, 6.45) is 3.93. The van der Waals surface area contributed by atoms with Crippen LogP contribution in [0, 0.1) is 0 Å². The van der Waals surface area contributed by atoms with Crippen LogP contribution in [0.25, 0.3) is 0 Å². The third-order valence-electron chi connectivity index (χ3n) is 3.79. The van der Waals surface area contributed by atoms with Gasteiger partial charge < -0.3 is 5.32 Å². The number of nitrogens with zero attached hydrogens (tertiary/aromatic N) is 2. The van der Waals surface area contributed by atoms with E-state index in [1.165, 1.54) is 0 Å². The fourth-order valence-electron chi connectivity index (χ4n) is 2.39. The van der Waals surface area contributed by atoms with Crippen molar-refractivity contribution in [2.75, 3.05) is 17.6 Å². The second kappa shape index (κ2) is 9.92. The Hall–Kier alpha value is -1.83. The van der Waals surface area contributed by atoms with E-state index in [0.717, 1.165) is 27.2 Å². The molecule has 27 heavy (non-hydrogen) atoms. The Kier molecular flexibility index (Phi) is 7.32. The van der Waals surface area contributed by atoms with Crippen molar-refractivity contribution in [1.29, 1.82) is 0 Å². The molecule has 5 nitrogen and oxygen atoms in total. The van der Waals surface area contributed by atoms with Gasteiger partial charge in [0.2, 0.25) is 5.95 Å². The first-order valence-corrected chi connectivity index (χ1v) is 10.7. The molecule has 1 aromatic carbocycles. The lowest BCUT2D eigenvalue weighted by Gasteiger charge is -2.07. The molecule has 0 bridgehead atoms. The SMILES string of the molecule is O=c1[nH]c(NCCSCc2ncccc2Br)ncc1Cc1ccc(Cl)cc1. The first-order chi connectivity index (χ1) is 13.1. The van der Waals surface area contributed by atoms with Gasteiger partial charge in [-0.1, -0.05) is 23.7 Å². The number of halogens is 2. The van der Waals surface area contributed by atoms with Crippen molar-refractivity contribution in [2.24, 2.45) is 0 Å². The van der Waals surface area contributed by atoms with Gasteiger partial charge >= 0.3 is 0 Å². The summed E-state index contributed by atoms with van der Waals surface area (Å²) in [6, 6.07) is 11.3. The van der Waals surface area contributed by atoms with Crippen molar-refractivity contribution in [3.8, 4) is 0 Å². The Morgan fingerprint density at radius 2 is 2.00 bits per heavy atom. The summed E-state index contributed by atoms with van der Waals surface area (Å²) in [4.78, 5) is 23.7. The summed E-state index contributed by atoms with van der Waals surface area (Å²) in [5, 5.41) is 3.83. The highest BCUT2D eigenvalue weighted by atomic mass is 79.9. The predicted octanol–water partition coefficient (Wildman–Crippen LogP) is 4.52. The number of thioether (sulfide) groups is 1. The topological polar surface area (TPSA) is 70.7 Å². The quantitative estimate of drug-likeness (QED) is 0.479. The Bertz CT molecular complexity index is 949. The Morgan fingerprint density at radius 3 is 2.74 bits per heavy atom. The number of anilines is 1. The molecule has 0 unspecified atom stereocenters. The summed E-state index contributed by atoms with van der Waals surface area (Å²) >= 11 is 11.1. The zero-order valence-electron chi connectivity index (χ0n) is 14.4. The predicted molar refractivity (Wildman–Crippen MR) is 116 cm³/mol. The maximum absolute atomic E-state index is 12.2. The summed E-state index contributed by atoms with van der Waals surface area (Å²) in [5.41, 5.74) is 2.54. The van der Waals surface area contributed by atoms with Crippen LogP contribution in [0.2, 0.25) is 5.02 Å². The summed E-state index contributed by atoms with van der Waals surface area (Å²) in [5.74, 6) is 2.19. The van der Waals surface area contributed by atoms with Crippen LogP contribution in [0.3, 0.4) is 0 Å². The van der Waals surface area contributed by atoms with E-state index in [0.29, 0.717) is 29.5 Å².